The second-order valence-corrected chi connectivity index (χ2v) is 8.57. The van der Waals surface area contributed by atoms with Crippen LogP contribution >= 0.6 is 22.7 Å². The number of para-hydroxylation sites is 1. The normalized spacial score (nSPS) is 14.7. The van der Waals surface area contributed by atoms with Crippen LogP contribution in [0.5, 0.6) is 0 Å². The molecule has 0 amide bonds. The summed E-state index contributed by atoms with van der Waals surface area (Å²) >= 11 is 3.24. The van der Waals surface area contributed by atoms with Crippen LogP contribution in [0.25, 0.3) is 21.5 Å². The van der Waals surface area contributed by atoms with Crippen molar-refractivity contribution in [1.82, 2.24) is 9.97 Å². The minimum atomic E-state index is 0.739. The Morgan fingerprint density at radius 1 is 0.966 bits per heavy atom. The Hall–Kier alpha value is -2.81. The summed E-state index contributed by atoms with van der Waals surface area (Å²) in [7, 11) is 0. The van der Waals surface area contributed by atoms with Gasteiger partial charge in [-0.2, -0.15) is 5.10 Å². The molecule has 1 saturated heterocycles. The van der Waals surface area contributed by atoms with Crippen LogP contribution in [0.1, 0.15) is 4.88 Å². The molecule has 146 valence electrons. The highest BCUT2D eigenvalue weighted by Gasteiger charge is 2.18. The van der Waals surface area contributed by atoms with Gasteiger partial charge in [0, 0.05) is 18.7 Å². The quantitative estimate of drug-likeness (QED) is 0.374. The second kappa shape index (κ2) is 8.28. The number of ether oxygens (including phenoxy) is 1. The molecule has 2 aromatic heterocycles. The zero-order valence-corrected chi connectivity index (χ0v) is 17.2. The highest BCUT2D eigenvalue weighted by atomic mass is 32.1. The van der Waals surface area contributed by atoms with Crippen LogP contribution < -0.4 is 10.3 Å². The number of nitrogens with one attached hydrogen (secondary N) is 1. The maximum absolute atomic E-state index is 5.47. The lowest BCUT2D eigenvalue weighted by molar-refractivity contribution is 0.122. The summed E-state index contributed by atoms with van der Waals surface area (Å²) in [5.74, 6) is 0. The van der Waals surface area contributed by atoms with Gasteiger partial charge in [-0.3, -0.25) is 5.43 Å². The van der Waals surface area contributed by atoms with Crippen molar-refractivity contribution in [3.05, 3.63) is 59.5 Å². The third-order valence-corrected chi connectivity index (χ3v) is 6.60. The predicted molar refractivity (Wildman–Crippen MR) is 121 cm³/mol. The number of hydrazone groups is 1. The van der Waals surface area contributed by atoms with E-state index in [-0.39, 0.29) is 0 Å². The number of morpholine rings is 1. The highest BCUT2D eigenvalue weighted by molar-refractivity contribution is 7.22. The summed E-state index contributed by atoms with van der Waals surface area (Å²) in [5, 5.41) is 6.24. The summed E-state index contributed by atoms with van der Waals surface area (Å²) in [6.45, 7) is 3.20. The molecular weight excluding hydrogens is 402 g/mol. The summed E-state index contributed by atoms with van der Waals surface area (Å²) in [4.78, 5) is 12.8. The molecule has 0 saturated carbocycles. The monoisotopic (exact) mass is 421 g/mol. The van der Waals surface area contributed by atoms with Crippen LogP contribution in [-0.4, -0.2) is 42.5 Å². The summed E-state index contributed by atoms with van der Waals surface area (Å²) in [5.41, 5.74) is 6.09. The number of aromatic nitrogens is 2. The van der Waals surface area contributed by atoms with Crippen molar-refractivity contribution in [3.63, 3.8) is 0 Å². The zero-order valence-electron chi connectivity index (χ0n) is 15.6. The lowest BCUT2D eigenvalue weighted by Gasteiger charge is -2.26. The Bertz CT molecular complexity index is 1100. The van der Waals surface area contributed by atoms with Crippen molar-refractivity contribution in [2.24, 2.45) is 5.10 Å². The van der Waals surface area contributed by atoms with E-state index in [4.69, 9.17) is 9.72 Å². The fourth-order valence-electron chi connectivity index (χ4n) is 3.17. The second-order valence-electron chi connectivity index (χ2n) is 6.53. The molecule has 6 nitrogen and oxygen atoms in total. The number of fused-ring (bicyclic) bond motifs is 1. The molecule has 0 aliphatic carbocycles. The van der Waals surface area contributed by atoms with E-state index in [9.17, 15) is 0 Å². The molecule has 1 aliphatic rings. The van der Waals surface area contributed by atoms with Gasteiger partial charge < -0.3 is 9.64 Å². The SMILES string of the molecule is C(=N\Nc1nc2ccccc2s1)/c1sc(N2CCOCC2)nc1-c1ccccc1. The number of benzene rings is 2. The molecule has 0 spiro atoms. The number of hydrogen-bond acceptors (Lipinski definition) is 8. The first-order chi connectivity index (χ1) is 14.4. The molecule has 8 heteroatoms. The van der Waals surface area contributed by atoms with Gasteiger partial charge in [-0.15, -0.1) is 0 Å². The molecule has 3 heterocycles. The molecule has 2 aromatic carbocycles. The van der Waals surface area contributed by atoms with Crippen molar-refractivity contribution in [2.75, 3.05) is 36.6 Å². The summed E-state index contributed by atoms with van der Waals surface area (Å²) < 4.78 is 6.62. The maximum atomic E-state index is 5.47. The van der Waals surface area contributed by atoms with Crippen molar-refractivity contribution >= 4 is 49.4 Å². The van der Waals surface area contributed by atoms with E-state index in [0.29, 0.717) is 0 Å². The lowest BCUT2D eigenvalue weighted by atomic mass is 10.1. The van der Waals surface area contributed by atoms with E-state index in [1.54, 1.807) is 22.7 Å². The Kier molecular flexibility index (Phi) is 5.21. The number of nitrogens with zero attached hydrogens (tertiary/aromatic N) is 4. The lowest BCUT2D eigenvalue weighted by Crippen LogP contribution is -2.36. The van der Waals surface area contributed by atoms with E-state index < -0.39 is 0 Å². The largest absolute Gasteiger partial charge is 0.378 e. The number of hydrogen-bond donors (Lipinski definition) is 1. The van der Waals surface area contributed by atoms with Crippen LogP contribution in [0.4, 0.5) is 10.3 Å². The van der Waals surface area contributed by atoms with Gasteiger partial charge >= 0.3 is 0 Å². The highest BCUT2D eigenvalue weighted by Crippen LogP contribution is 2.32. The first-order valence-corrected chi connectivity index (χ1v) is 11.0. The van der Waals surface area contributed by atoms with Crippen molar-refractivity contribution in [2.45, 2.75) is 0 Å². The summed E-state index contributed by atoms with van der Waals surface area (Å²) in [6, 6.07) is 18.3. The molecule has 0 bridgehead atoms. The van der Waals surface area contributed by atoms with E-state index in [0.717, 1.165) is 62.9 Å². The molecule has 4 aromatic rings. The minimum absolute atomic E-state index is 0.739. The molecule has 1 N–H and O–H groups in total. The van der Waals surface area contributed by atoms with Crippen molar-refractivity contribution < 1.29 is 4.74 Å². The predicted octanol–water partition coefficient (Wildman–Crippen LogP) is 4.70. The average molecular weight is 422 g/mol. The zero-order chi connectivity index (χ0) is 19.5. The Morgan fingerprint density at radius 3 is 2.59 bits per heavy atom. The van der Waals surface area contributed by atoms with Gasteiger partial charge in [0.15, 0.2) is 5.13 Å². The minimum Gasteiger partial charge on any atom is -0.378 e. The average Bonchev–Trinajstić information content (AvgIpc) is 3.39. The van der Waals surface area contributed by atoms with Gasteiger partial charge in [-0.05, 0) is 12.1 Å². The van der Waals surface area contributed by atoms with Gasteiger partial charge in [0.05, 0.1) is 40.2 Å². The van der Waals surface area contributed by atoms with Crippen LogP contribution in [0.2, 0.25) is 0 Å². The molecular formula is C21H19N5OS2. The molecule has 5 rings (SSSR count). The number of thiazole rings is 2. The van der Waals surface area contributed by atoms with Crippen molar-refractivity contribution in [1.29, 1.82) is 0 Å². The van der Waals surface area contributed by atoms with E-state index in [1.807, 2.05) is 42.6 Å². The topological polar surface area (TPSA) is 62.6 Å². The van der Waals surface area contributed by atoms with E-state index in [2.05, 4.69) is 38.6 Å². The van der Waals surface area contributed by atoms with Crippen molar-refractivity contribution in [3.8, 4) is 11.3 Å². The van der Waals surface area contributed by atoms with Gasteiger partial charge in [0.1, 0.15) is 0 Å². The third-order valence-electron chi connectivity index (χ3n) is 4.61. The fourth-order valence-corrected chi connectivity index (χ4v) is 4.99. The van der Waals surface area contributed by atoms with Gasteiger partial charge in [-0.1, -0.05) is 65.1 Å². The molecule has 0 unspecified atom stereocenters. The smallest absolute Gasteiger partial charge is 0.204 e. The van der Waals surface area contributed by atoms with Gasteiger partial charge in [-0.25, -0.2) is 9.97 Å². The van der Waals surface area contributed by atoms with Gasteiger partial charge in [0.2, 0.25) is 5.13 Å². The summed E-state index contributed by atoms with van der Waals surface area (Å²) in [6.07, 6.45) is 1.84. The molecule has 0 radical (unpaired) electrons. The Labute approximate surface area is 176 Å². The standard InChI is InChI=1S/C21H19N5OS2/c1-2-6-15(7-3-1)19-18(29-21(24-19)26-10-12-27-13-11-26)14-22-25-20-23-16-8-4-5-9-17(16)28-20/h1-9,14H,10-13H2,(H,23,25)/b22-14+. The fraction of sp³-hybridized carbons (Fsp3) is 0.190. The number of anilines is 2. The van der Waals surface area contributed by atoms with E-state index >= 15 is 0 Å². The van der Waals surface area contributed by atoms with Crippen LogP contribution in [-0.2, 0) is 4.74 Å². The van der Waals surface area contributed by atoms with Gasteiger partial charge in [0.25, 0.3) is 0 Å². The Balaban J connectivity index is 1.42. The first kappa shape index (κ1) is 18.2. The molecule has 1 fully saturated rings. The Morgan fingerprint density at radius 2 is 1.76 bits per heavy atom. The maximum Gasteiger partial charge on any atom is 0.204 e. The third kappa shape index (κ3) is 4.00. The van der Waals surface area contributed by atoms with Crippen LogP contribution in [0.15, 0.2) is 59.7 Å². The molecule has 29 heavy (non-hydrogen) atoms. The van der Waals surface area contributed by atoms with Crippen LogP contribution in [0, 0.1) is 0 Å². The van der Waals surface area contributed by atoms with E-state index in [1.165, 1.54) is 0 Å². The molecule has 1 aliphatic heterocycles. The van der Waals surface area contributed by atoms with Crippen LogP contribution in [0.3, 0.4) is 0 Å². The molecule has 0 atom stereocenters. The number of rotatable bonds is 5. The first-order valence-electron chi connectivity index (χ1n) is 9.40.